The van der Waals surface area contributed by atoms with E-state index in [-0.39, 0.29) is 16.6 Å². The molecule has 0 atom stereocenters. The summed E-state index contributed by atoms with van der Waals surface area (Å²) >= 11 is 5.86. The molecule has 0 unspecified atom stereocenters. The summed E-state index contributed by atoms with van der Waals surface area (Å²) in [6.45, 7) is 3.66. The molecule has 1 aromatic rings. The van der Waals surface area contributed by atoms with Crippen molar-refractivity contribution >= 4 is 17.5 Å². The third-order valence-electron chi connectivity index (χ3n) is 2.55. The second kappa shape index (κ2) is 6.98. The van der Waals surface area contributed by atoms with E-state index in [9.17, 15) is 18.0 Å². The Bertz CT molecular complexity index is 507. The molecule has 0 bridgehead atoms. The van der Waals surface area contributed by atoms with E-state index in [1.54, 1.807) is 6.92 Å². The van der Waals surface area contributed by atoms with Gasteiger partial charge in [0.2, 0.25) is 5.88 Å². The first-order chi connectivity index (χ1) is 9.65. The summed E-state index contributed by atoms with van der Waals surface area (Å²) in [5, 5.41) is -0.0173. The lowest BCUT2D eigenvalue weighted by Gasteiger charge is -2.27. The number of carbonyl (C=O) groups is 1. The van der Waals surface area contributed by atoms with Crippen LogP contribution in [0.2, 0.25) is 5.02 Å². The van der Waals surface area contributed by atoms with Crippen LogP contribution in [0.15, 0.2) is 12.1 Å². The van der Waals surface area contributed by atoms with E-state index in [2.05, 4.69) is 4.98 Å². The van der Waals surface area contributed by atoms with Gasteiger partial charge in [-0.25, -0.2) is 4.98 Å². The van der Waals surface area contributed by atoms with Gasteiger partial charge in [0.05, 0.1) is 11.6 Å². The van der Waals surface area contributed by atoms with Crippen molar-refractivity contribution in [3.8, 4) is 5.88 Å². The van der Waals surface area contributed by atoms with Gasteiger partial charge in [0.25, 0.3) is 5.91 Å². The van der Waals surface area contributed by atoms with Crippen LogP contribution in [-0.4, -0.2) is 41.2 Å². The summed E-state index contributed by atoms with van der Waals surface area (Å²) in [5.74, 6) is -0.741. The number of hydrogen-bond donors (Lipinski definition) is 0. The number of ether oxygens (including phenoxy) is 1. The van der Waals surface area contributed by atoms with Crippen molar-refractivity contribution < 1.29 is 22.7 Å². The quantitative estimate of drug-likeness (QED) is 0.832. The third-order valence-corrected chi connectivity index (χ3v) is 2.85. The van der Waals surface area contributed by atoms with Gasteiger partial charge >= 0.3 is 6.18 Å². The summed E-state index contributed by atoms with van der Waals surface area (Å²) in [4.78, 5) is 16.8. The molecule has 0 spiro atoms. The second-order valence-electron chi connectivity index (χ2n) is 4.55. The Balaban J connectivity index is 3.11. The minimum atomic E-state index is -4.50. The van der Waals surface area contributed by atoms with E-state index in [0.717, 1.165) is 0 Å². The minimum Gasteiger partial charge on any atom is -0.478 e. The molecule has 1 aromatic heterocycles. The van der Waals surface area contributed by atoms with Crippen molar-refractivity contribution in [2.75, 3.05) is 13.2 Å². The van der Waals surface area contributed by atoms with E-state index in [1.165, 1.54) is 26.0 Å². The average molecular weight is 325 g/mol. The Hall–Kier alpha value is -1.50. The predicted molar refractivity (Wildman–Crippen MR) is 72.6 cm³/mol. The predicted octanol–water partition coefficient (Wildman–Crippen LogP) is 3.55. The number of halogens is 4. The molecule has 0 aliphatic heterocycles. The highest BCUT2D eigenvalue weighted by Crippen LogP contribution is 2.23. The Kier molecular flexibility index (Phi) is 5.83. The Morgan fingerprint density at radius 2 is 2.05 bits per heavy atom. The van der Waals surface area contributed by atoms with Gasteiger partial charge in [-0.1, -0.05) is 11.6 Å². The van der Waals surface area contributed by atoms with E-state index < -0.39 is 24.7 Å². The van der Waals surface area contributed by atoms with Gasteiger partial charge in [-0.05, 0) is 26.8 Å². The molecule has 118 valence electrons. The molecule has 21 heavy (non-hydrogen) atoms. The zero-order valence-corrected chi connectivity index (χ0v) is 12.6. The Labute approximate surface area is 125 Å². The van der Waals surface area contributed by atoms with Gasteiger partial charge in [-0.15, -0.1) is 0 Å². The second-order valence-corrected chi connectivity index (χ2v) is 4.96. The number of nitrogens with zero attached hydrogens (tertiary/aromatic N) is 2. The molecule has 0 saturated carbocycles. The summed E-state index contributed by atoms with van der Waals surface area (Å²) in [6.07, 6.45) is -4.50. The number of pyridine rings is 1. The number of hydrogen-bond acceptors (Lipinski definition) is 3. The highest BCUT2D eigenvalue weighted by Gasteiger charge is 2.35. The van der Waals surface area contributed by atoms with Gasteiger partial charge in [0, 0.05) is 12.1 Å². The maximum atomic E-state index is 12.6. The fourth-order valence-corrected chi connectivity index (χ4v) is 1.81. The highest BCUT2D eigenvalue weighted by atomic mass is 35.5. The van der Waals surface area contributed by atoms with Gasteiger partial charge in [-0.3, -0.25) is 4.79 Å². The standard InChI is InChI=1S/C13H16ClF3N2O2/c1-4-21-10-6-5-9(14)11(18-10)12(20)19(8(2)3)7-13(15,16)17/h5-6,8H,4,7H2,1-3H3. The normalized spacial score (nSPS) is 11.6. The topological polar surface area (TPSA) is 42.4 Å². The molecule has 8 heteroatoms. The summed E-state index contributed by atoms with van der Waals surface area (Å²) in [7, 11) is 0. The minimum absolute atomic E-state index is 0.0173. The van der Waals surface area contributed by atoms with Crippen LogP contribution >= 0.6 is 11.6 Å². The molecule has 0 saturated heterocycles. The fourth-order valence-electron chi connectivity index (χ4n) is 1.62. The number of alkyl halides is 3. The summed E-state index contributed by atoms with van der Waals surface area (Å²) < 4.78 is 42.8. The van der Waals surface area contributed by atoms with Crippen molar-refractivity contribution in [2.45, 2.75) is 33.0 Å². The van der Waals surface area contributed by atoms with Gasteiger partial charge in [0.15, 0.2) is 5.69 Å². The first-order valence-corrected chi connectivity index (χ1v) is 6.70. The zero-order chi connectivity index (χ0) is 16.2. The van der Waals surface area contributed by atoms with Crippen molar-refractivity contribution in [2.24, 2.45) is 0 Å². The van der Waals surface area contributed by atoms with Crippen LogP contribution in [0.25, 0.3) is 0 Å². The van der Waals surface area contributed by atoms with Crippen LogP contribution in [0.3, 0.4) is 0 Å². The molecule has 0 aliphatic carbocycles. The summed E-state index contributed by atoms with van der Waals surface area (Å²) in [5.41, 5.74) is -0.249. The van der Waals surface area contributed by atoms with Gasteiger partial charge in [0.1, 0.15) is 6.54 Å². The largest absolute Gasteiger partial charge is 0.478 e. The highest BCUT2D eigenvalue weighted by molar-refractivity contribution is 6.33. The molecule has 0 aliphatic rings. The van der Waals surface area contributed by atoms with Gasteiger partial charge < -0.3 is 9.64 Å². The molecule has 0 aromatic carbocycles. The molecule has 1 rings (SSSR count). The molecular formula is C13H16ClF3N2O2. The van der Waals surface area contributed by atoms with Crippen molar-refractivity contribution in [1.29, 1.82) is 0 Å². The maximum absolute atomic E-state index is 12.6. The SMILES string of the molecule is CCOc1ccc(Cl)c(C(=O)N(CC(F)(F)F)C(C)C)n1. The molecular weight excluding hydrogens is 309 g/mol. The smallest absolute Gasteiger partial charge is 0.406 e. The molecule has 0 fully saturated rings. The lowest BCUT2D eigenvalue weighted by atomic mass is 10.2. The lowest BCUT2D eigenvalue weighted by Crippen LogP contribution is -2.43. The van der Waals surface area contributed by atoms with E-state index in [1.807, 2.05) is 0 Å². The first-order valence-electron chi connectivity index (χ1n) is 6.32. The number of carbonyl (C=O) groups excluding carboxylic acids is 1. The van der Waals surface area contributed by atoms with E-state index in [0.29, 0.717) is 11.5 Å². The van der Waals surface area contributed by atoms with Crippen molar-refractivity contribution in [1.82, 2.24) is 9.88 Å². The van der Waals surface area contributed by atoms with Crippen molar-refractivity contribution in [3.63, 3.8) is 0 Å². The van der Waals surface area contributed by atoms with E-state index >= 15 is 0 Å². The maximum Gasteiger partial charge on any atom is 0.406 e. The van der Waals surface area contributed by atoms with Crippen molar-refractivity contribution in [3.05, 3.63) is 22.8 Å². The van der Waals surface area contributed by atoms with Gasteiger partial charge in [-0.2, -0.15) is 13.2 Å². The van der Waals surface area contributed by atoms with Crippen LogP contribution < -0.4 is 4.74 Å². The number of rotatable bonds is 5. The van der Waals surface area contributed by atoms with Crippen LogP contribution in [0.4, 0.5) is 13.2 Å². The van der Waals surface area contributed by atoms with Crippen LogP contribution in [0.5, 0.6) is 5.88 Å². The molecule has 0 N–H and O–H groups in total. The molecule has 4 nitrogen and oxygen atoms in total. The lowest BCUT2D eigenvalue weighted by molar-refractivity contribution is -0.143. The fraction of sp³-hybridized carbons (Fsp3) is 0.538. The third kappa shape index (κ3) is 5.08. The summed E-state index contributed by atoms with van der Waals surface area (Å²) in [6, 6.07) is 2.18. The first kappa shape index (κ1) is 17.6. The Morgan fingerprint density at radius 1 is 1.43 bits per heavy atom. The average Bonchev–Trinajstić information content (AvgIpc) is 2.36. The van der Waals surface area contributed by atoms with Crippen LogP contribution in [0, 0.1) is 0 Å². The molecule has 0 radical (unpaired) electrons. The van der Waals surface area contributed by atoms with Crippen LogP contribution in [0.1, 0.15) is 31.3 Å². The Morgan fingerprint density at radius 3 is 2.52 bits per heavy atom. The molecule has 1 heterocycles. The monoisotopic (exact) mass is 324 g/mol. The number of aromatic nitrogens is 1. The zero-order valence-electron chi connectivity index (χ0n) is 11.9. The van der Waals surface area contributed by atoms with E-state index in [4.69, 9.17) is 16.3 Å². The number of amides is 1. The van der Waals surface area contributed by atoms with Crippen LogP contribution in [-0.2, 0) is 0 Å². The molecule has 1 amide bonds.